The molecule has 0 radical (unpaired) electrons. The molecule has 0 aliphatic carbocycles. The van der Waals surface area contributed by atoms with Crippen LogP contribution >= 0.6 is 0 Å². The van der Waals surface area contributed by atoms with Crippen LogP contribution in [0.15, 0.2) is 24.3 Å². The van der Waals surface area contributed by atoms with Crippen LogP contribution in [0.25, 0.3) is 0 Å². The van der Waals surface area contributed by atoms with Gasteiger partial charge in [-0.05, 0) is 39.1 Å². The Morgan fingerprint density at radius 3 is 2.56 bits per heavy atom. The minimum Gasteiger partial charge on any atom is -0.371 e. The van der Waals surface area contributed by atoms with Crippen LogP contribution < -0.4 is 10.2 Å². The molecule has 0 spiro atoms. The summed E-state index contributed by atoms with van der Waals surface area (Å²) in [6.45, 7) is 3.14. The molecular formula is C18H19F3N2O4. The van der Waals surface area contributed by atoms with Crippen LogP contribution in [0, 0.1) is 5.92 Å². The number of Topliss-reactive ketones (excluding diaryl/α,β-unsaturated/α-hetero) is 1. The Labute approximate surface area is 153 Å². The van der Waals surface area contributed by atoms with Crippen molar-refractivity contribution >= 4 is 17.4 Å². The summed E-state index contributed by atoms with van der Waals surface area (Å²) in [6, 6.07) is 4.22. The van der Waals surface area contributed by atoms with Gasteiger partial charge in [-0.25, -0.2) is 0 Å². The number of nitrogens with one attached hydrogen (secondary N) is 1. The van der Waals surface area contributed by atoms with Crippen molar-refractivity contribution in [3.63, 3.8) is 0 Å². The molecule has 3 fully saturated rings. The van der Waals surface area contributed by atoms with Gasteiger partial charge in [0.05, 0.1) is 17.1 Å². The fourth-order valence-electron chi connectivity index (χ4n) is 5.19. The molecule has 4 rings (SSSR count). The van der Waals surface area contributed by atoms with E-state index in [2.05, 4.69) is 5.32 Å². The zero-order chi connectivity index (χ0) is 20.0. The van der Waals surface area contributed by atoms with E-state index in [0.717, 1.165) is 17.0 Å². The molecule has 5 atom stereocenters. The van der Waals surface area contributed by atoms with Crippen LogP contribution in [0.5, 0.6) is 0 Å². The van der Waals surface area contributed by atoms with E-state index in [1.807, 2.05) is 0 Å². The number of benzene rings is 1. The molecule has 1 amide bonds. The number of ether oxygens (including phenoxy) is 1. The summed E-state index contributed by atoms with van der Waals surface area (Å²) < 4.78 is 45.2. The van der Waals surface area contributed by atoms with Gasteiger partial charge in [-0.2, -0.15) is 13.2 Å². The van der Waals surface area contributed by atoms with Gasteiger partial charge in [0.25, 0.3) is 0 Å². The number of alkyl halides is 3. The quantitative estimate of drug-likeness (QED) is 0.807. The van der Waals surface area contributed by atoms with Crippen molar-refractivity contribution in [2.24, 2.45) is 5.92 Å². The van der Waals surface area contributed by atoms with Crippen molar-refractivity contribution < 1.29 is 32.6 Å². The number of aliphatic hydroxyl groups is 1. The number of hydrogen-bond donors (Lipinski definition) is 2. The highest BCUT2D eigenvalue weighted by Crippen LogP contribution is 2.62. The lowest BCUT2D eigenvalue weighted by Gasteiger charge is -2.44. The van der Waals surface area contributed by atoms with Crippen LogP contribution in [-0.2, 0) is 20.5 Å². The fourth-order valence-corrected chi connectivity index (χ4v) is 5.19. The lowest BCUT2D eigenvalue weighted by atomic mass is 9.62. The van der Waals surface area contributed by atoms with Gasteiger partial charge in [0.15, 0.2) is 12.0 Å². The Balaban J connectivity index is 1.86. The molecule has 6 nitrogen and oxygen atoms in total. The lowest BCUT2D eigenvalue weighted by Crippen LogP contribution is -2.69. The predicted octanol–water partition coefficient (Wildman–Crippen LogP) is 1.47. The Kier molecular flexibility index (Phi) is 3.47. The maximum atomic E-state index is 13.2. The van der Waals surface area contributed by atoms with Crippen LogP contribution in [0.2, 0.25) is 0 Å². The highest BCUT2D eigenvalue weighted by atomic mass is 19.4. The van der Waals surface area contributed by atoms with E-state index in [0.29, 0.717) is 0 Å². The normalized spacial score (nSPS) is 40.8. The first kappa shape index (κ1) is 18.4. The minimum atomic E-state index is -4.59. The van der Waals surface area contributed by atoms with Gasteiger partial charge >= 0.3 is 6.18 Å². The molecule has 2 N–H and O–H groups in total. The van der Waals surface area contributed by atoms with Gasteiger partial charge in [0.1, 0.15) is 11.1 Å². The molecule has 4 unspecified atom stereocenters. The third kappa shape index (κ3) is 1.97. The second-order valence-corrected chi connectivity index (χ2v) is 7.72. The highest BCUT2D eigenvalue weighted by molar-refractivity contribution is 6.08. The number of ketones is 1. The number of halogens is 3. The van der Waals surface area contributed by atoms with E-state index < -0.39 is 46.5 Å². The number of fused-ring (bicyclic) bond motifs is 5. The van der Waals surface area contributed by atoms with Crippen molar-refractivity contribution in [2.75, 3.05) is 11.9 Å². The summed E-state index contributed by atoms with van der Waals surface area (Å²) in [7, 11) is 1.54. The number of nitrogens with zero attached hydrogens (tertiary/aromatic N) is 1. The number of hydrogen-bond acceptors (Lipinski definition) is 5. The van der Waals surface area contributed by atoms with Gasteiger partial charge in [-0.15, -0.1) is 0 Å². The average Bonchev–Trinajstić information content (AvgIpc) is 3.04. The number of rotatable bonds is 2. The summed E-state index contributed by atoms with van der Waals surface area (Å²) in [4.78, 5) is 26.6. The van der Waals surface area contributed by atoms with Crippen molar-refractivity contribution in [1.29, 1.82) is 0 Å². The summed E-state index contributed by atoms with van der Waals surface area (Å²) in [5.41, 5.74) is -4.93. The molecule has 0 aromatic heterocycles. The Bertz CT molecular complexity index is 859. The first-order valence-corrected chi connectivity index (χ1v) is 8.53. The number of carbonyl (C=O) groups is 2. The van der Waals surface area contributed by atoms with Crippen LogP contribution in [0.3, 0.4) is 0 Å². The molecule has 1 aromatic rings. The predicted molar refractivity (Wildman–Crippen MR) is 87.7 cm³/mol. The molecule has 2 bridgehead atoms. The van der Waals surface area contributed by atoms with Crippen molar-refractivity contribution in [3.05, 3.63) is 29.8 Å². The van der Waals surface area contributed by atoms with Crippen LogP contribution in [0.4, 0.5) is 18.9 Å². The Morgan fingerprint density at radius 2 is 1.96 bits per heavy atom. The van der Waals surface area contributed by atoms with Crippen LogP contribution in [-0.4, -0.2) is 46.8 Å². The van der Waals surface area contributed by atoms with Gasteiger partial charge in [-0.3, -0.25) is 14.5 Å². The topological polar surface area (TPSA) is 78.9 Å². The van der Waals surface area contributed by atoms with Crippen LogP contribution in [0.1, 0.15) is 25.8 Å². The summed E-state index contributed by atoms with van der Waals surface area (Å²) in [5.74, 6) is -1.95. The molecule has 3 saturated heterocycles. The molecule has 0 saturated carbocycles. The standard InChI is InChI=1S/C18H19F3N2O4/c1-15-8-11(24)16(2,27-15)12-13(25)23(14(26)17(12,15)22-3)10-6-4-5-9(7-10)18(19,20)21/h4-7,12,14,22,26H,8H2,1-3H3/t12?,14?,15?,16?,17-/m1/s1. The third-order valence-electron chi connectivity index (χ3n) is 6.37. The van der Waals surface area contributed by atoms with E-state index >= 15 is 0 Å². The molecular weight excluding hydrogens is 365 g/mol. The van der Waals surface area contributed by atoms with Gasteiger partial charge in [0.2, 0.25) is 5.91 Å². The minimum absolute atomic E-state index is 0.00160. The zero-order valence-electron chi connectivity index (χ0n) is 14.9. The number of anilines is 1. The zero-order valence-corrected chi connectivity index (χ0v) is 14.9. The molecule has 9 heteroatoms. The number of likely N-dealkylation sites (N-methyl/N-ethyl adjacent to an activating group) is 1. The maximum Gasteiger partial charge on any atom is 0.416 e. The number of amides is 1. The number of carbonyl (C=O) groups excluding carboxylic acids is 2. The Hall–Kier alpha value is -1.97. The summed E-state index contributed by atoms with van der Waals surface area (Å²) >= 11 is 0. The van der Waals surface area contributed by atoms with Gasteiger partial charge in [0, 0.05) is 12.1 Å². The summed E-state index contributed by atoms with van der Waals surface area (Å²) in [5, 5.41) is 14.1. The second-order valence-electron chi connectivity index (χ2n) is 7.72. The van der Waals surface area contributed by atoms with Gasteiger partial charge < -0.3 is 15.2 Å². The largest absolute Gasteiger partial charge is 0.416 e. The molecule has 3 heterocycles. The molecule has 27 heavy (non-hydrogen) atoms. The highest BCUT2D eigenvalue weighted by Gasteiger charge is 2.83. The fraction of sp³-hybridized carbons (Fsp3) is 0.556. The molecule has 1 aromatic carbocycles. The van der Waals surface area contributed by atoms with E-state index in [9.17, 15) is 27.9 Å². The van der Waals surface area contributed by atoms with E-state index in [1.165, 1.54) is 19.1 Å². The first-order chi connectivity index (χ1) is 12.4. The molecule has 3 aliphatic rings. The Morgan fingerprint density at radius 1 is 1.30 bits per heavy atom. The van der Waals surface area contributed by atoms with Crippen molar-refractivity contribution in [3.8, 4) is 0 Å². The average molecular weight is 384 g/mol. The van der Waals surface area contributed by atoms with E-state index in [-0.39, 0.29) is 17.9 Å². The maximum absolute atomic E-state index is 13.2. The van der Waals surface area contributed by atoms with E-state index in [1.54, 1.807) is 14.0 Å². The van der Waals surface area contributed by atoms with E-state index in [4.69, 9.17) is 4.74 Å². The second kappa shape index (κ2) is 5.09. The third-order valence-corrected chi connectivity index (χ3v) is 6.37. The monoisotopic (exact) mass is 384 g/mol. The van der Waals surface area contributed by atoms with Crippen molar-refractivity contribution in [1.82, 2.24) is 5.32 Å². The van der Waals surface area contributed by atoms with Gasteiger partial charge in [-0.1, -0.05) is 6.07 Å². The smallest absolute Gasteiger partial charge is 0.371 e. The number of aliphatic hydroxyl groups excluding tert-OH is 1. The van der Waals surface area contributed by atoms with Crippen molar-refractivity contribution in [2.45, 2.75) is 49.4 Å². The molecule has 146 valence electrons. The lowest BCUT2D eigenvalue weighted by molar-refractivity contribution is -0.139. The summed E-state index contributed by atoms with van der Waals surface area (Å²) in [6.07, 6.45) is -6.08. The first-order valence-electron chi connectivity index (χ1n) is 8.53. The molecule has 3 aliphatic heterocycles. The SMILES string of the molecule is CN[C@@]12C(O)N(c3cccc(C(F)(F)F)c3)C(=O)C1C1(C)OC2(C)CC1=O.